The van der Waals surface area contributed by atoms with E-state index >= 15 is 0 Å². The first kappa shape index (κ1) is 12.8. The summed E-state index contributed by atoms with van der Waals surface area (Å²) in [5, 5.41) is 8.41. The van der Waals surface area contributed by atoms with E-state index in [1.165, 1.54) is 6.42 Å². The second-order valence-corrected chi connectivity index (χ2v) is 2.72. The van der Waals surface area contributed by atoms with Crippen LogP contribution in [0.2, 0.25) is 0 Å². The molecule has 0 aromatic carbocycles. The molecule has 0 radical (unpaired) electrons. The Morgan fingerprint density at radius 2 is 2.14 bits per heavy atom. The molecule has 1 aromatic heterocycles. The van der Waals surface area contributed by atoms with E-state index in [2.05, 4.69) is 23.8 Å². The van der Waals surface area contributed by atoms with Crippen molar-refractivity contribution in [1.29, 1.82) is 0 Å². The van der Waals surface area contributed by atoms with Crippen LogP contribution in [0.3, 0.4) is 0 Å². The number of nitrogens with zero attached hydrogens (tertiary/aromatic N) is 2. The summed E-state index contributed by atoms with van der Waals surface area (Å²) in [4.78, 5) is 7.94. The van der Waals surface area contributed by atoms with Crippen LogP contribution >= 0.6 is 0 Å². The molecule has 0 bridgehead atoms. The number of rotatable bonds is 3. The van der Waals surface area contributed by atoms with Gasteiger partial charge in [0.1, 0.15) is 0 Å². The third-order valence-corrected chi connectivity index (χ3v) is 1.14. The monoisotopic (exact) mass is 194 g/mol. The van der Waals surface area contributed by atoms with Crippen LogP contribution in [-0.2, 0) is 0 Å². The average Bonchev–Trinajstić information content (AvgIpc) is 2.21. The van der Waals surface area contributed by atoms with E-state index in [0.717, 1.165) is 5.69 Å². The van der Waals surface area contributed by atoms with E-state index < -0.39 is 0 Å². The van der Waals surface area contributed by atoms with Gasteiger partial charge in [0, 0.05) is 12.4 Å². The van der Waals surface area contributed by atoms with Crippen molar-refractivity contribution >= 4 is 6.21 Å². The summed E-state index contributed by atoms with van der Waals surface area (Å²) >= 11 is 0. The maximum absolute atomic E-state index is 8.41. The Kier molecular flexibility index (Phi) is 9.01. The molecule has 1 N–H and O–H groups in total. The van der Waals surface area contributed by atoms with Gasteiger partial charge in [0.25, 0.3) is 0 Å². The molecule has 0 atom stereocenters. The molecule has 0 saturated carbocycles. The summed E-state index contributed by atoms with van der Waals surface area (Å²) in [5.74, 6) is 0. The summed E-state index contributed by atoms with van der Waals surface area (Å²) in [6.07, 6.45) is 4.61. The van der Waals surface area contributed by atoms with Gasteiger partial charge < -0.3 is 5.11 Å². The highest BCUT2D eigenvalue weighted by Gasteiger charge is 1.83. The highest BCUT2D eigenvalue weighted by molar-refractivity contribution is 5.76. The lowest BCUT2D eigenvalue weighted by Gasteiger charge is -1.88. The van der Waals surface area contributed by atoms with E-state index in [-0.39, 0.29) is 6.61 Å². The molecule has 3 nitrogen and oxygen atoms in total. The van der Waals surface area contributed by atoms with Crippen molar-refractivity contribution in [3.8, 4) is 0 Å². The van der Waals surface area contributed by atoms with E-state index in [0.29, 0.717) is 6.54 Å². The Balaban J connectivity index is 0.000000500. The first-order valence-corrected chi connectivity index (χ1v) is 4.86. The van der Waals surface area contributed by atoms with Crippen molar-refractivity contribution in [3.05, 3.63) is 30.1 Å². The zero-order valence-electron chi connectivity index (χ0n) is 8.85. The Morgan fingerprint density at radius 1 is 1.43 bits per heavy atom. The molecule has 0 fully saturated rings. The number of hydrogen-bond acceptors (Lipinski definition) is 3. The van der Waals surface area contributed by atoms with Crippen LogP contribution < -0.4 is 0 Å². The molecule has 1 rings (SSSR count). The van der Waals surface area contributed by atoms with Gasteiger partial charge in [-0.05, 0) is 12.1 Å². The van der Waals surface area contributed by atoms with Crippen LogP contribution in [0.5, 0.6) is 0 Å². The van der Waals surface area contributed by atoms with Crippen LogP contribution in [0.4, 0.5) is 0 Å². The van der Waals surface area contributed by atoms with Gasteiger partial charge in [-0.1, -0.05) is 26.3 Å². The van der Waals surface area contributed by atoms with E-state index in [1.807, 2.05) is 18.2 Å². The standard InChI is InChI=1S/C8H10N2O.C3H8/c11-6-5-9-7-8-3-1-2-4-10-8;1-3-2/h1-4,7,11H,5-6H2;3H2,1-2H3. The maximum Gasteiger partial charge on any atom is 0.0807 e. The first-order chi connectivity index (χ1) is 6.85. The van der Waals surface area contributed by atoms with Crippen molar-refractivity contribution in [2.75, 3.05) is 13.2 Å². The number of aliphatic hydroxyl groups is 1. The minimum atomic E-state index is 0.0866. The molecule has 0 aliphatic heterocycles. The predicted octanol–water partition coefficient (Wildman–Crippen LogP) is 1.91. The van der Waals surface area contributed by atoms with Gasteiger partial charge in [0.05, 0.1) is 18.8 Å². The summed E-state index contributed by atoms with van der Waals surface area (Å²) in [6.45, 7) is 4.78. The number of aromatic nitrogens is 1. The maximum atomic E-state index is 8.41. The molecule has 14 heavy (non-hydrogen) atoms. The number of pyridine rings is 1. The minimum Gasteiger partial charge on any atom is -0.394 e. The van der Waals surface area contributed by atoms with Crippen LogP contribution in [0.1, 0.15) is 26.0 Å². The first-order valence-electron chi connectivity index (χ1n) is 4.86. The van der Waals surface area contributed by atoms with Gasteiger partial charge in [0.2, 0.25) is 0 Å². The highest BCUT2D eigenvalue weighted by Crippen LogP contribution is 1.87. The van der Waals surface area contributed by atoms with Crippen LogP contribution in [0.15, 0.2) is 29.4 Å². The molecule has 0 amide bonds. The van der Waals surface area contributed by atoms with E-state index in [1.54, 1.807) is 12.4 Å². The molecule has 1 aromatic rings. The summed E-state index contributed by atoms with van der Waals surface area (Å²) in [5.41, 5.74) is 0.820. The smallest absolute Gasteiger partial charge is 0.0807 e. The van der Waals surface area contributed by atoms with Gasteiger partial charge in [-0.15, -0.1) is 0 Å². The second-order valence-electron chi connectivity index (χ2n) is 2.72. The third-order valence-electron chi connectivity index (χ3n) is 1.14. The normalized spacial score (nSPS) is 9.64. The summed E-state index contributed by atoms with van der Waals surface area (Å²) in [7, 11) is 0. The average molecular weight is 194 g/mol. The SMILES string of the molecule is CCC.OCCN=Cc1ccccn1. The van der Waals surface area contributed by atoms with Crippen molar-refractivity contribution in [2.45, 2.75) is 20.3 Å². The van der Waals surface area contributed by atoms with E-state index in [4.69, 9.17) is 5.11 Å². The molecule has 0 unspecified atom stereocenters. The molecule has 0 aliphatic carbocycles. The molecule has 1 heterocycles. The Labute approximate surface area is 85.5 Å². The van der Waals surface area contributed by atoms with Crippen LogP contribution in [-0.4, -0.2) is 29.5 Å². The fourth-order valence-corrected chi connectivity index (χ4v) is 0.668. The van der Waals surface area contributed by atoms with Gasteiger partial charge in [-0.3, -0.25) is 9.98 Å². The minimum absolute atomic E-state index is 0.0866. The quantitative estimate of drug-likeness (QED) is 0.747. The Morgan fingerprint density at radius 3 is 2.64 bits per heavy atom. The van der Waals surface area contributed by atoms with Crippen molar-refractivity contribution in [1.82, 2.24) is 4.98 Å². The third kappa shape index (κ3) is 7.43. The van der Waals surface area contributed by atoms with E-state index in [9.17, 15) is 0 Å². The van der Waals surface area contributed by atoms with Crippen molar-refractivity contribution in [2.24, 2.45) is 4.99 Å². The Hall–Kier alpha value is -1.22. The van der Waals surface area contributed by atoms with Crippen LogP contribution in [0, 0.1) is 0 Å². The predicted molar refractivity (Wildman–Crippen MR) is 59.7 cm³/mol. The summed E-state index contributed by atoms with van der Waals surface area (Å²) < 4.78 is 0. The Bertz CT molecular complexity index is 234. The lowest BCUT2D eigenvalue weighted by atomic mass is 10.4. The van der Waals surface area contributed by atoms with Gasteiger partial charge in [-0.25, -0.2) is 0 Å². The van der Waals surface area contributed by atoms with Crippen LogP contribution in [0.25, 0.3) is 0 Å². The molecular weight excluding hydrogens is 176 g/mol. The van der Waals surface area contributed by atoms with Gasteiger partial charge >= 0.3 is 0 Å². The second kappa shape index (κ2) is 9.86. The number of hydrogen-bond donors (Lipinski definition) is 1. The fraction of sp³-hybridized carbons (Fsp3) is 0.455. The zero-order chi connectivity index (χ0) is 10.6. The molecular formula is C11H18N2O. The highest BCUT2D eigenvalue weighted by atomic mass is 16.3. The molecule has 0 aliphatic rings. The lowest BCUT2D eigenvalue weighted by molar-refractivity contribution is 0.307. The summed E-state index contributed by atoms with van der Waals surface area (Å²) in [6, 6.07) is 5.61. The number of aliphatic imine (C=N–C) groups is 1. The van der Waals surface area contributed by atoms with Crippen molar-refractivity contribution in [3.63, 3.8) is 0 Å². The lowest BCUT2D eigenvalue weighted by Crippen LogP contribution is -1.90. The largest absolute Gasteiger partial charge is 0.394 e. The fourth-order valence-electron chi connectivity index (χ4n) is 0.668. The number of aliphatic hydroxyl groups excluding tert-OH is 1. The molecule has 0 saturated heterocycles. The molecule has 3 heteroatoms. The van der Waals surface area contributed by atoms with Crippen molar-refractivity contribution < 1.29 is 5.11 Å². The molecule has 0 spiro atoms. The van der Waals surface area contributed by atoms with Gasteiger partial charge in [0.15, 0.2) is 0 Å². The zero-order valence-corrected chi connectivity index (χ0v) is 8.85. The molecule has 78 valence electrons. The topological polar surface area (TPSA) is 45.5 Å². The van der Waals surface area contributed by atoms with Gasteiger partial charge in [-0.2, -0.15) is 0 Å².